The molecule has 1 aromatic carbocycles. The molecule has 1 atom stereocenters. The largest absolute Gasteiger partial charge is 0.361 e. The van der Waals surface area contributed by atoms with Gasteiger partial charge in [0.15, 0.2) is 0 Å². The van der Waals surface area contributed by atoms with Crippen LogP contribution < -0.4 is 11.1 Å². The normalized spacial score (nSPS) is 14.4. The molecule has 1 heterocycles. The molecule has 1 unspecified atom stereocenters. The number of aryl methyl sites for hydroxylation is 1. The molecule has 2 aromatic rings. The molecule has 0 radical (unpaired) electrons. The van der Waals surface area contributed by atoms with E-state index in [2.05, 4.69) is 10.5 Å². The first kappa shape index (κ1) is 12.8. The van der Waals surface area contributed by atoms with Crippen LogP contribution in [0.3, 0.4) is 0 Å². The zero-order chi connectivity index (χ0) is 13.0. The SMILES string of the molecule is Cc1cc(CNCC(C)(N)c2ccccc2)no1. The van der Waals surface area contributed by atoms with Crippen molar-refractivity contribution in [1.82, 2.24) is 10.5 Å². The Hall–Kier alpha value is -1.65. The molecular formula is C14H19N3O. The van der Waals surface area contributed by atoms with Gasteiger partial charge in [-0.05, 0) is 19.4 Å². The molecule has 0 bridgehead atoms. The van der Waals surface area contributed by atoms with Crippen LogP contribution in [0.1, 0.15) is 23.9 Å². The highest BCUT2D eigenvalue weighted by Gasteiger charge is 2.20. The van der Waals surface area contributed by atoms with E-state index >= 15 is 0 Å². The van der Waals surface area contributed by atoms with Gasteiger partial charge < -0.3 is 15.6 Å². The van der Waals surface area contributed by atoms with Gasteiger partial charge in [-0.25, -0.2) is 0 Å². The standard InChI is InChI=1S/C14H19N3O/c1-11-8-13(17-18-11)9-16-10-14(2,15)12-6-4-3-5-7-12/h3-8,16H,9-10,15H2,1-2H3. The maximum atomic E-state index is 6.30. The summed E-state index contributed by atoms with van der Waals surface area (Å²) >= 11 is 0. The summed E-state index contributed by atoms with van der Waals surface area (Å²) in [4.78, 5) is 0. The maximum absolute atomic E-state index is 6.30. The quantitative estimate of drug-likeness (QED) is 0.845. The second-order valence-electron chi connectivity index (χ2n) is 4.82. The smallest absolute Gasteiger partial charge is 0.133 e. The van der Waals surface area contributed by atoms with Crippen molar-refractivity contribution in [3.05, 3.63) is 53.4 Å². The second kappa shape index (κ2) is 5.33. The Morgan fingerprint density at radius 1 is 1.33 bits per heavy atom. The van der Waals surface area contributed by atoms with Crippen molar-refractivity contribution in [2.45, 2.75) is 25.9 Å². The first-order chi connectivity index (χ1) is 8.58. The molecule has 0 aliphatic heterocycles. The number of benzene rings is 1. The summed E-state index contributed by atoms with van der Waals surface area (Å²) in [7, 11) is 0. The highest BCUT2D eigenvalue weighted by molar-refractivity contribution is 5.23. The molecule has 0 fully saturated rings. The van der Waals surface area contributed by atoms with E-state index in [-0.39, 0.29) is 5.54 Å². The predicted molar refractivity (Wildman–Crippen MR) is 70.9 cm³/mol. The van der Waals surface area contributed by atoms with Crippen molar-refractivity contribution < 1.29 is 4.52 Å². The van der Waals surface area contributed by atoms with Crippen LogP contribution in [0, 0.1) is 6.92 Å². The molecule has 0 amide bonds. The third-order valence-corrected chi connectivity index (χ3v) is 2.91. The summed E-state index contributed by atoms with van der Waals surface area (Å²) in [5.41, 5.74) is 7.93. The lowest BCUT2D eigenvalue weighted by atomic mass is 9.93. The van der Waals surface area contributed by atoms with Crippen LogP contribution in [0.25, 0.3) is 0 Å². The van der Waals surface area contributed by atoms with Crippen molar-refractivity contribution in [3.8, 4) is 0 Å². The van der Waals surface area contributed by atoms with Gasteiger partial charge in [-0.3, -0.25) is 0 Å². The van der Waals surface area contributed by atoms with Gasteiger partial charge in [0.1, 0.15) is 5.76 Å². The van der Waals surface area contributed by atoms with Crippen molar-refractivity contribution in [1.29, 1.82) is 0 Å². The number of hydrogen-bond donors (Lipinski definition) is 2. The monoisotopic (exact) mass is 245 g/mol. The third kappa shape index (κ3) is 3.18. The van der Waals surface area contributed by atoms with Crippen LogP contribution in [0.2, 0.25) is 0 Å². The minimum absolute atomic E-state index is 0.389. The van der Waals surface area contributed by atoms with Crippen molar-refractivity contribution in [2.75, 3.05) is 6.54 Å². The molecule has 0 saturated carbocycles. The number of hydrogen-bond acceptors (Lipinski definition) is 4. The number of aromatic nitrogens is 1. The van der Waals surface area contributed by atoms with Crippen LogP contribution >= 0.6 is 0 Å². The molecule has 0 aliphatic rings. The molecule has 0 saturated heterocycles. The number of nitrogens with zero attached hydrogens (tertiary/aromatic N) is 1. The van der Waals surface area contributed by atoms with E-state index in [1.54, 1.807) is 0 Å². The fourth-order valence-corrected chi connectivity index (χ4v) is 1.87. The molecule has 4 nitrogen and oxygen atoms in total. The second-order valence-corrected chi connectivity index (χ2v) is 4.82. The minimum Gasteiger partial charge on any atom is -0.361 e. The first-order valence-corrected chi connectivity index (χ1v) is 6.05. The molecule has 2 rings (SSSR count). The Morgan fingerprint density at radius 3 is 2.67 bits per heavy atom. The lowest BCUT2D eigenvalue weighted by Crippen LogP contribution is -2.43. The summed E-state index contributed by atoms with van der Waals surface area (Å²) in [5.74, 6) is 0.824. The van der Waals surface area contributed by atoms with E-state index < -0.39 is 0 Å². The summed E-state index contributed by atoms with van der Waals surface area (Å²) < 4.78 is 5.01. The van der Waals surface area contributed by atoms with E-state index in [0.717, 1.165) is 17.0 Å². The molecule has 4 heteroatoms. The molecule has 96 valence electrons. The van der Waals surface area contributed by atoms with Crippen molar-refractivity contribution >= 4 is 0 Å². The van der Waals surface area contributed by atoms with Gasteiger partial charge >= 0.3 is 0 Å². The zero-order valence-electron chi connectivity index (χ0n) is 10.8. The first-order valence-electron chi connectivity index (χ1n) is 6.05. The van der Waals surface area contributed by atoms with Crippen LogP contribution in [0.15, 0.2) is 40.9 Å². The van der Waals surface area contributed by atoms with E-state index in [0.29, 0.717) is 13.1 Å². The summed E-state index contributed by atoms with van der Waals surface area (Å²) in [5, 5.41) is 7.24. The van der Waals surface area contributed by atoms with Crippen LogP contribution in [0.5, 0.6) is 0 Å². The lowest BCUT2D eigenvalue weighted by molar-refractivity contribution is 0.383. The van der Waals surface area contributed by atoms with Gasteiger partial charge in [-0.15, -0.1) is 0 Å². The van der Waals surface area contributed by atoms with Crippen LogP contribution in [-0.4, -0.2) is 11.7 Å². The predicted octanol–water partition coefficient (Wildman–Crippen LogP) is 1.95. The highest BCUT2D eigenvalue weighted by atomic mass is 16.5. The molecule has 0 spiro atoms. The van der Waals surface area contributed by atoms with Gasteiger partial charge in [-0.2, -0.15) is 0 Å². The molecule has 18 heavy (non-hydrogen) atoms. The van der Waals surface area contributed by atoms with Crippen molar-refractivity contribution in [3.63, 3.8) is 0 Å². The van der Waals surface area contributed by atoms with Gasteiger partial charge in [0, 0.05) is 19.2 Å². The Bertz CT molecular complexity index is 491. The molecule has 0 aliphatic carbocycles. The fourth-order valence-electron chi connectivity index (χ4n) is 1.87. The van der Waals surface area contributed by atoms with E-state index in [1.165, 1.54) is 0 Å². The van der Waals surface area contributed by atoms with Crippen LogP contribution in [0.4, 0.5) is 0 Å². The van der Waals surface area contributed by atoms with Gasteiger partial charge in [0.05, 0.1) is 11.2 Å². The van der Waals surface area contributed by atoms with Gasteiger partial charge in [0.25, 0.3) is 0 Å². The summed E-state index contributed by atoms with van der Waals surface area (Å²) in [6.45, 7) is 5.25. The Labute approximate surface area is 107 Å². The van der Waals surface area contributed by atoms with Gasteiger partial charge in [0.2, 0.25) is 0 Å². The Balaban J connectivity index is 1.89. The topological polar surface area (TPSA) is 64.1 Å². The summed E-state index contributed by atoms with van der Waals surface area (Å²) in [6.07, 6.45) is 0. The number of nitrogens with two attached hydrogens (primary N) is 1. The highest BCUT2D eigenvalue weighted by Crippen LogP contribution is 2.16. The summed E-state index contributed by atoms with van der Waals surface area (Å²) in [6, 6.07) is 12.0. The van der Waals surface area contributed by atoms with Crippen LogP contribution in [-0.2, 0) is 12.1 Å². The number of nitrogens with one attached hydrogen (secondary N) is 1. The molecule has 3 N–H and O–H groups in total. The Morgan fingerprint density at radius 2 is 2.06 bits per heavy atom. The average molecular weight is 245 g/mol. The fraction of sp³-hybridized carbons (Fsp3) is 0.357. The Kier molecular flexibility index (Phi) is 3.79. The van der Waals surface area contributed by atoms with E-state index in [4.69, 9.17) is 10.3 Å². The van der Waals surface area contributed by atoms with Crippen molar-refractivity contribution in [2.24, 2.45) is 5.73 Å². The zero-order valence-corrected chi connectivity index (χ0v) is 10.8. The number of rotatable bonds is 5. The molecule has 1 aromatic heterocycles. The third-order valence-electron chi connectivity index (χ3n) is 2.91. The minimum atomic E-state index is -0.389. The van der Waals surface area contributed by atoms with Gasteiger partial charge in [-0.1, -0.05) is 35.5 Å². The lowest BCUT2D eigenvalue weighted by Gasteiger charge is -2.25. The van der Waals surface area contributed by atoms with E-state index in [9.17, 15) is 0 Å². The molecular weight excluding hydrogens is 226 g/mol. The average Bonchev–Trinajstić information content (AvgIpc) is 2.76. The van der Waals surface area contributed by atoms with E-state index in [1.807, 2.05) is 50.2 Å². The maximum Gasteiger partial charge on any atom is 0.133 e.